The molecule has 0 saturated heterocycles. The first kappa shape index (κ1) is 11.0. The highest BCUT2D eigenvalue weighted by molar-refractivity contribution is 7.98. The fraction of sp³-hybridized carbons (Fsp3) is 0.875. The van der Waals surface area contributed by atoms with Gasteiger partial charge in [-0.1, -0.05) is 13.8 Å². The largest absolute Gasteiger partial charge is 0.305 e. The van der Waals surface area contributed by atoms with Crippen molar-refractivity contribution < 1.29 is 4.79 Å². The van der Waals surface area contributed by atoms with Gasteiger partial charge in [0.25, 0.3) is 0 Å². The van der Waals surface area contributed by atoms with E-state index in [0.717, 1.165) is 18.5 Å². The second-order valence-electron chi connectivity index (χ2n) is 2.85. The zero-order valence-electron chi connectivity index (χ0n) is 7.46. The number of carbonyl (C=O) groups excluding carboxylic acids is 1. The van der Waals surface area contributed by atoms with Crippen molar-refractivity contribution >= 4 is 18.0 Å². The minimum Gasteiger partial charge on any atom is -0.305 e. The van der Waals surface area contributed by atoms with Crippen LogP contribution in [-0.4, -0.2) is 30.4 Å². The minimum atomic E-state index is 0.0439. The van der Waals surface area contributed by atoms with Crippen LogP contribution in [0.4, 0.5) is 0 Å². The zero-order valence-corrected chi connectivity index (χ0v) is 8.28. The summed E-state index contributed by atoms with van der Waals surface area (Å²) in [6, 6.07) is 0.439. The molecule has 0 saturated carbocycles. The molecule has 0 rings (SSSR count). The van der Waals surface area contributed by atoms with Crippen molar-refractivity contribution in [2.24, 2.45) is 0 Å². The average Bonchev–Trinajstić information content (AvgIpc) is 1.97. The molecule has 0 amide bonds. The molecule has 0 aliphatic carbocycles. The van der Waals surface area contributed by atoms with Crippen molar-refractivity contribution in [3.63, 3.8) is 0 Å². The van der Waals surface area contributed by atoms with Crippen molar-refractivity contribution in [3.8, 4) is 0 Å². The molecule has 0 aliphatic heterocycles. The van der Waals surface area contributed by atoms with Crippen LogP contribution in [-0.2, 0) is 4.79 Å². The van der Waals surface area contributed by atoms with Gasteiger partial charge in [0.1, 0.15) is 6.29 Å². The number of nitrogens with one attached hydrogen (secondary N) is 1. The Morgan fingerprint density at radius 3 is 2.55 bits per heavy atom. The maximum absolute atomic E-state index is 10.5. The number of rotatable bonds is 6. The summed E-state index contributed by atoms with van der Waals surface area (Å²) in [5.41, 5.74) is 0. The van der Waals surface area contributed by atoms with Crippen LogP contribution in [0, 0.1) is 0 Å². The molecule has 0 radical (unpaired) electrons. The molecule has 0 aromatic carbocycles. The third kappa shape index (κ3) is 6.38. The zero-order chi connectivity index (χ0) is 8.69. The van der Waals surface area contributed by atoms with Crippen LogP contribution in [0.15, 0.2) is 0 Å². The molecule has 0 aliphatic rings. The predicted octanol–water partition coefficient (Wildman–Crippen LogP) is 1.30. The number of carbonyl (C=O) groups is 1. The SMILES string of the molecule is CSCC[C@H](C=O)NC(C)C. The fourth-order valence-electron chi connectivity index (χ4n) is 0.864. The Morgan fingerprint density at radius 1 is 1.55 bits per heavy atom. The van der Waals surface area contributed by atoms with Gasteiger partial charge in [0.15, 0.2) is 0 Å². The number of hydrogen-bond donors (Lipinski definition) is 1. The lowest BCUT2D eigenvalue weighted by molar-refractivity contribution is -0.109. The maximum atomic E-state index is 10.5. The highest BCUT2D eigenvalue weighted by Gasteiger charge is 2.06. The first-order valence-corrected chi connectivity index (χ1v) is 5.30. The number of hydrogen-bond acceptors (Lipinski definition) is 3. The van der Waals surface area contributed by atoms with Gasteiger partial charge in [-0.05, 0) is 18.4 Å². The molecule has 11 heavy (non-hydrogen) atoms. The van der Waals surface area contributed by atoms with E-state index in [4.69, 9.17) is 0 Å². The number of thioether (sulfide) groups is 1. The third-order valence-electron chi connectivity index (χ3n) is 1.34. The minimum absolute atomic E-state index is 0.0439. The quantitative estimate of drug-likeness (QED) is 0.617. The summed E-state index contributed by atoms with van der Waals surface area (Å²) < 4.78 is 0. The van der Waals surface area contributed by atoms with Gasteiger partial charge in [-0.25, -0.2) is 0 Å². The molecule has 1 atom stereocenters. The molecular formula is C8H17NOS. The van der Waals surface area contributed by atoms with Gasteiger partial charge in [0.2, 0.25) is 0 Å². The van der Waals surface area contributed by atoms with Crippen LogP contribution in [0.5, 0.6) is 0 Å². The van der Waals surface area contributed by atoms with E-state index in [1.807, 2.05) is 0 Å². The van der Waals surface area contributed by atoms with Crippen molar-refractivity contribution in [2.75, 3.05) is 12.0 Å². The third-order valence-corrected chi connectivity index (χ3v) is 1.99. The summed E-state index contributed by atoms with van der Waals surface area (Å²) in [7, 11) is 0. The maximum Gasteiger partial charge on any atom is 0.136 e. The van der Waals surface area contributed by atoms with Gasteiger partial charge < -0.3 is 10.1 Å². The highest BCUT2D eigenvalue weighted by Crippen LogP contribution is 1.99. The summed E-state index contributed by atoms with van der Waals surface area (Å²) >= 11 is 1.77. The molecule has 0 aromatic heterocycles. The van der Waals surface area contributed by atoms with Crippen LogP contribution in [0.2, 0.25) is 0 Å². The first-order chi connectivity index (χ1) is 5.20. The Balaban J connectivity index is 3.49. The summed E-state index contributed by atoms with van der Waals surface area (Å²) in [5.74, 6) is 1.04. The van der Waals surface area contributed by atoms with Gasteiger partial charge in [-0.3, -0.25) is 0 Å². The smallest absolute Gasteiger partial charge is 0.136 e. The molecule has 66 valence electrons. The molecule has 2 nitrogen and oxygen atoms in total. The predicted molar refractivity (Wildman–Crippen MR) is 51.1 cm³/mol. The molecule has 0 fully saturated rings. The van der Waals surface area contributed by atoms with E-state index in [9.17, 15) is 4.79 Å². The summed E-state index contributed by atoms with van der Waals surface area (Å²) in [6.07, 6.45) is 3.98. The van der Waals surface area contributed by atoms with Gasteiger partial charge in [-0.2, -0.15) is 11.8 Å². The Morgan fingerprint density at radius 2 is 2.18 bits per heavy atom. The Bertz CT molecular complexity index is 106. The molecular weight excluding hydrogens is 158 g/mol. The normalized spacial score (nSPS) is 13.5. The van der Waals surface area contributed by atoms with E-state index in [-0.39, 0.29) is 6.04 Å². The summed E-state index contributed by atoms with van der Waals surface area (Å²) in [6.45, 7) is 4.10. The second kappa shape index (κ2) is 6.68. The van der Waals surface area contributed by atoms with Gasteiger partial charge in [0.05, 0.1) is 6.04 Å². The van der Waals surface area contributed by atoms with Crippen LogP contribution < -0.4 is 5.32 Å². The molecule has 0 heterocycles. The molecule has 3 heteroatoms. The Hall–Kier alpha value is -0.0200. The van der Waals surface area contributed by atoms with Crippen LogP contribution in [0.1, 0.15) is 20.3 Å². The average molecular weight is 175 g/mol. The van der Waals surface area contributed by atoms with E-state index >= 15 is 0 Å². The van der Waals surface area contributed by atoms with E-state index in [1.165, 1.54) is 0 Å². The molecule has 1 N–H and O–H groups in total. The lowest BCUT2D eigenvalue weighted by Crippen LogP contribution is -2.36. The molecule has 0 unspecified atom stereocenters. The van der Waals surface area contributed by atoms with E-state index in [1.54, 1.807) is 11.8 Å². The van der Waals surface area contributed by atoms with Gasteiger partial charge >= 0.3 is 0 Å². The summed E-state index contributed by atoms with van der Waals surface area (Å²) in [5, 5.41) is 3.18. The van der Waals surface area contributed by atoms with E-state index in [0.29, 0.717) is 6.04 Å². The van der Waals surface area contributed by atoms with Crippen molar-refractivity contribution in [1.82, 2.24) is 5.32 Å². The standard InChI is InChI=1S/C8H17NOS/c1-7(2)9-8(6-10)4-5-11-3/h6-9H,4-5H2,1-3H3/t8-/m1/s1. The Labute approximate surface area is 73.1 Å². The fourth-order valence-corrected chi connectivity index (χ4v) is 1.35. The topological polar surface area (TPSA) is 29.1 Å². The van der Waals surface area contributed by atoms with Crippen LogP contribution >= 0.6 is 11.8 Å². The van der Waals surface area contributed by atoms with Crippen molar-refractivity contribution in [2.45, 2.75) is 32.4 Å². The molecule has 0 bridgehead atoms. The van der Waals surface area contributed by atoms with Crippen molar-refractivity contribution in [1.29, 1.82) is 0 Å². The van der Waals surface area contributed by atoms with Gasteiger partial charge in [-0.15, -0.1) is 0 Å². The van der Waals surface area contributed by atoms with Gasteiger partial charge in [0, 0.05) is 6.04 Å². The lowest BCUT2D eigenvalue weighted by Gasteiger charge is -2.14. The van der Waals surface area contributed by atoms with Crippen LogP contribution in [0.3, 0.4) is 0 Å². The van der Waals surface area contributed by atoms with Crippen LogP contribution in [0.25, 0.3) is 0 Å². The Kier molecular flexibility index (Phi) is 6.66. The monoisotopic (exact) mass is 175 g/mol. The lowest BCUT2D eigenvalue weighted by atomic mass is 10.2. The van der Waals surface area contributed by atoms with Crippen molar-refractivity contribution in [3.05, 3.63) is 0 Å². The first-order valence-electron chi connectivity index (χ1n) is 3.91. The molecule has 0 spiro atoms. The van der Waals surface area contributed by atoms with E-state index < -0.39 is 0 Å². The number of aldehydes is 1. The summed E-state index contributed by atoms with van der Waals surface area (Å²) in [4.78, 5) is 10.5. The molecule has 0 aromatic rings. The highest BCUT2D eigenvalue weighted by atomic mass is 32.2. The van der Waals surface area contributed by atoms with E-state index in [2.05, 4.69) is 25.4 Å². The second-order valence-corrected chi connectivity index (χ2v) is 3.83.